The van der Waals surface area contributed by atoms with Crippen LogP contribution in [0.1, 0.15) is 61.9 Å². The number of aryl methyl sites for hydroxylation is 2. The van der Waals surface area contributed by atoms with Crippen molar-refractivity contribution in [3.05, 3.63) is 77.9 Å². The van der Waals surface area contributed by atoms with Crippen molar-refractivity contribution in [3.8, 4) is 17.2 Å². The highest BCUT2D eigenvalue weighted by Gasteiger charge is 2.25. The minimum atomic E-state index is 0.238. The van der Waals surface area contributed by atoms with E-state index in [4.69, 9.17) is 9.47 Å². The predicted molar refractivity (Wildman–Crippen MR) is 161 cm³/mol. The third-order valence-corrected chi connectivity index (χ3v) is 7.71. The van der Waals surface area contributed by atoms with Crippen molar-refractivity contribution in [1.29, 1.82) is 0 Å². The van der Waals surface area contributed by atoms with E-state index in [2.05, 4.69) is 62.2 Å². The number of aromatic nitrogens is 2. The van der Waals surface area contributed by atoms with Gasteiger partial charge in [0.05, 0.1) is 14.2 Å². The average molecular weight is 545 g/mol. The first-order valence-electron chi connectivity index (χ1n) is 14.6. The van der Waals surface area contributed by atoms with Gasteiger partial charge in [0.1, 0.15) is 5.82 Å². The van der Waals surface area contributed by atoms with Gasteiger partial charge in [0, 0.05) is 37.1 Å². The second kappa shape index (κ2) is 15.3. The van der Waals surface area contributed by atoms with E-state index in [9.17, 15) is 4.79 Å². The van der Waals surface area contributed by atoms with Gasteiger partial charge in [-0.3, -0.25) is 4.79 Å². The van der Waals surface area contributed by atoms with Crippen molar-refractivity contribution >= 4 is 12.0 Å². The highest BCUT2D eigenvalue weighted by Crippen LogP contribution is 2.28. The van der Waals surface area contributed by atoms with Crippen molar-refractivity contribution in [1.82, 2.24) is 19.8 Å². The van der Waals surface area contributed by atoms with Gasteiger partial charge in [-0.2, -0.15) is 0 Å². The van der Waals surface area contributed by atoms with Crippen LogP contribution in [0.5, 0.6) is 11.5 Å². The van der Waals surface area contributed by atoms with Crippen LogP contribution in [-0.4, -0.2) is 60.3 Å². The summed E-state index contributed by atoms with van der Waals surface area (Å²) in [6.07, 6.45) is 16.0. The molecule has 0 saturated heterocycles. The van der Waals surface area contributed by atoms with Crippen molar-refractivity contribution in [2.45, 2.75) is 64.3 Å². The van der Waals surface area contributed by atoms with Gasteiger partial charge in [0.2, 0.25) is 5.91 Å². The summed E-state index contributed by atoms with van der Waals surface area (Å²) < 4.78 is 12.8. The highest BCUT2D eigenvalue weighted by molar-refractivity contribution is 5.79. The molecule has 40 heavy (non-hydrogen) atoms. The lowest BCUT2D eigenvalue weighted by Crippen LogP contribution is -2.40. The molecule has 1 aromatic heterocycles. The number of hydrogen-bond acceptors (Lipinski definition) is 5. The summed E-state index contributed by atoms with van der Waals surface area (Å²) in [4.78, 5) is 19.7. The Labute approximate surface area is 239 Å². The molecule has 7 heteroatoms. The Balaban J connectivity index is 1.19. The number of ether oxygens (including phenoxy) is 2. The molecule has 0 radical (unpaired) electrons. The number of rotatable bonds is 15. The molecule has 0 atom stereocenters. The van der Waals surface area contributed by atoms with Gasteiger partial charge in [0.25, 0.3) is 0 Å². The van der Waals surface area contributed by atoms with Crippen molar-refractivity contribution in [2.75, 3.05) is 33.9 Å². The summed E-state index contributed by atoms with van der Waals surface area (Å²) in [5.74, 6) is 2.74. The molecule has 214 valence electrons. The molecule has 0 aliphatic heterocycles. The molecular weight excluding hydrogens is 500 g/mol. The van der Waals surface area contributed by atoms with Crippen LogP contribution in [0.25, 0.3) is 11.8 Å². The van der Waals surface area contributed by atoms with E-state index in [0.29, 0.717) is 12.5 Å². The Morgan fingerprint density at radius 3 is 2.50 bits per heavy atom. The molecule has 0 spiro atoms. The molecule has 0 unspecified atom stereocenters. The normalized spacial score (nSPS) is 13.7. The lowest BCUT2D eigenvalue weighted by molar-refractivity contribution is -0.132. The molecule has 0 bridgehead atoms. The maximum atomic E-state index is 13.2. The van der Waals surface area contributed by atoms with Crippen LogP contribution in [0.15, 0.2) is 60.9 Å². The summed E-state index contributed by atoms with van der Waals surface area (Å²) in [7, 11) is 3.33. The topological polar surface area (TPSA) is 68.6 Å². The smallest absolute Gasteiger partial charge is 0.226 e. The molecule has 1 saturated carbocycles. The zero-order valence-electron chi connectivity index (χ0n) is 24.3. The van der Waals surface area contributed by atoms with E-state index in [1.807, 2.05) is 31.5 Å². The van der Waals surface area contributed by atoms with Crippen LogP contribution in [-0.2, 0) is 11.2 Å². The minimum Gasteiger partial charge on any atom is -0.493 e. The number of carbonyl (C=O) groups is 1. The lowest BCUT2D eigenvalue weighted by atomic mass is 10.1. The molecule has 4 rings (SSSR count). The lowest BCUT2D eigenvalue weighted by Gasteiger charge is -2.29. The zero-order valence-corrected chi connectivity index (χ0v) is 24.3. The minimum absolute atomic E-state index is 0.238. The van der Waals surface area contributed by atoms with Gasteiger partial charge in [-0.1, -0.05) is 43.2 Å². The van der Waals surface area contributed by atoms with Gasteiger partial charge >= 0.3 is 0 Å². The predicted octanol–water partition coefficient (Wildman–Crippen LogP) is 5.98. The van der Waals surface area contributed by atoms with E-state index in [1.54, 1.807) is 14.2 Å². The number of amides is 1. The molecule has 2 aromatic carbocycles. The van der Waals surface area contributed by atoms with Gasteiger partial charge in [-0.25, -0.2) is 4.98 Å². The standard InChI is InChI=1S/C33H44N4O3/c1-26-35-22-24-36(26)30-17-14-27(15-18-30)9-6-13-33(38)37(29-11-4-5-12-29)23-8-21-34-20-7-10-28-16-19-31(39-2)32(25-28)40-3/h6,9,14-19,22,24-25,29,34H,4-5,7-8,10-13,20-21,23H2,1-3H3/b9-6+. The maximum Gasteiger partial charge on any atom is 0.226 e. The van der Waals surface area contributed by atoms with Crippen LogP contribution in [0, 0.1) is 6.92 Å². The Bertz CT molecular complexity index is 1230. The van der Waals surface area contributed by atoms with Crippen LogP contribution in [0.4, 0.5) is 0 Å². The molecule has 1 heterocycles. The molecule has 1 aliphatic rings. The second-order valence-corrected chi connectivity index (χ2v) is 10.5. The number of hydrogen-bond donors (Lipinski definition) is 1. The SMILES string of the molecule is COc1ccc(CCCNCCCN(C(=O)C/C=C/c2ccc(-n3ccnc3C)cc2)C2CCCC2)cc1OC. The fourth-order valence-corrected chi connectivity index (χ4v) is 5.49. The Morgan fingerprint density at radius 1 is 1.05 bits per heavy atom. The van der Waals surface area contributed by atoms with E-state index >= 15 is 0 Å². The summed E-state index contributed by atoms with van der Waals surface area (Å²) in [5, 5.41) is 3.56. The largest absolute Gasteiger partial charge is 0.493 e. The van der Waals surface area contributed by atoms with Gasteiger partial charge in [-0.15, -0.1) is 0 Å². The molecule has 1 N–H and O–H groups in total. The molecule has 1 amide bonds. The van der Waals surface area contributed by atoms with Crippen LogP contribution < -0.4 is 14.8 Å². The van der Waals surface area contributed by atoms with E-state index in [1.165, 1.54) is 18.4 Å². The van der Waals surface area contributed by atoms with E-state index in [0.717, 1.165) is 80.3 Å². The number of imidazole rings is 1. The second-order valence-electron chi connectivity index (χ2n) is 10.5. The quantitative estimate of drug-likeness (QED) is 0.238. The van der Waals surface area contributed by atoms with Crippen LogP contribution >= 0.6 is 0 Å². The van der Waals surface area contributed by atoms with Gasteiger partial charge < -0.3 is 24.3 Å². The van der Waals surface area contributed by atoms with E-state index < -0.39 is 0 Å². The Morgan fingerprint density at radius 2 is 1.80 bits per heavy atom. The first-order chi connectivity index (χ1) is 19.6. The number of carbonyl (C=O) groups excluding carboxylic acids is 1. The Hall–Kier alpha value is -3.58. The molecule has 3 aromatic rings. The summed E-state index contributed by atoms with van der Waals surface area (Å²) in [5.41, 5.74) is 3.43. The fourth-order valence-electron chi connectivity index (χ4n) is 5.49. The molecule has 1 fully saturated rings. The van der Waals surface area contributed by atoms with Crippen molar-refractivity contribution in [2.24, 2.45) is 0 Å². The Kier molecular flexibility index (Phi) is 11.2. The fraction of sp³-hybridized carbons (Fsp3) is 0.455. The van der Waals surface area contributed by atoms with Gasteiger partial charge in [0.15, 0.2) is 11.5 Å². The zero-order chi connectivity index (χ0) is 28.2. The number of nitrogens with one attached hydrogen (secondary N) is 1. The van der Waals surface area contributed by atoms with Crippen LogP contribution in [0.2, 0.25) is 0 Å². The first kappa shape index (κ1) is 29.4. The van der Waals surface area contributed by atoms with Gasteiger partial charge in [-0.05, 0) is 87.5 Å². The molecule has 7 nitrogen and oxygen atoms in total. The molecule has 1 aliphatic carbocycles. The number of nitrogens with zero attached hydrogens (tertiary/aromatic N) is 3. The third-order valence-electron chi connectivity index (χ3n) is 7.71. The highest BCUT2D eigenvalue weighted by atomic mass is 16.5. The third kappa shape index (κ3) is 8.21. The summed E-state index contributed by atoms with van der Waals surface area (Å²) in [6, 6.07) is 14.8. The average Bonchev–Trinajstić information content (AvgIpc) is 3.67. The van der Waals surface area contributed by atoms with Crippen molar-refractivity contribution < 1.29 is 14.3 Å². The van der Waals surface area contributed by atoms with Crippen molar-refractivity contribution in [3.63, 3.8) is 0 Å². The summed E-state index contributed by atoms with van der Waals surface area (Å²) in [6.45, 7) is 4.68. The van der Waals surface area contributed by atoms with Crippen LogP contribution in [0.3, 0.4) is 0 Å². The number of benzene rings is 2. The summed E-state index contributed by atoms with van der Waals surface area (Å²) >= 11 is 0. The molecular formula is C33H44N4O3. The number of methoxy groups -OCH3 is 2. The van der Waals surface area contributed by atoms with E-state index in [-0.39, 0.29) is 5.91 Å². The maximum absolute atomic E-state index is 13.2. The first-order valence-corrected chi connectivity index (χ1v) is 14.6. The monoisotopic (exact) mass is 544 g/mol.